The van der Waals surface area contributed by atoms with Gasteiger partial charge in [-0.15, -0.1) is 0 Å². The molecule has 1 aliphatic rings. The largest absolute Gasteiger partial charge is 0.488 e. The van der Waals surface area contributed by atoms with Gasteiger partial charge in [-0.3, -0.25) is 0 Å². The molecule has 0 aliphatic heterocycles. The van der Waals surface area contributed by atoms with Crippen molar-refractivity contribution in [3.8, 4) is 5.75 Å². The van der Waals surface area contributed by atoms with Crippen LogP contribution in [0.1, 0.15) is 25.7 Å². The van der Waals surface area contributed by atoms with Gasteiger partial charge in [0, 0.05) is 22.0 Å². The third-order valence-electron chi connectivity index (χ3n) is 4.82. The molecule has 1 unspecified atom stereocenters. The van der Waals surface area contributed by atoms with E-state index in [4.69, 9.17) is 4.74 Å². The lowest BCUT2D eigenvalue weighted by Crippen LogP contribution is -2.12. The van der Waals surface area contributed by atoms with Crippen LogP contribution in [0.4, 0.5) is 26.0 Å². The predicted molar refractivity (Wildman–Crippen MR) is 117 cm³/mol. The number of benzene rings is 2. The molecule has 1 aliphatic carbocycles. The van der Waals surface area contributed by atoms with E-state index in [0.717, 1.165) is 25.7 Å². The first-order chi connectivity index (χ1) is 14.3. The number of hydrogen-bond donors (Lipinski definition) is 2. The van der Waals surface area contributed by atoms with E-state index >= 15 is 0 Å². The number of rotatable bonds is 6. The van der Waals surface area contributed by atoms with Crippen LogP contribution >= 0.6 is 0 Å². The van der Waals surface area contributed by atoms with Crippen molar-refractivity contribution in [2.75, 3.05) is 16.3 Å². The Kier molecular flexibility index (Phi) is 5.46. The highest BCUT2D eigenvalue weighted by Gasteiger charge is 2.19. The highest BCUT2D eigenvalue weighted by atomic mass is 32.2. The van der Waals surface area contributed by atoms with Crippen LogP contribution in [0.5, 0.6) is 5.75 Å². The van der Waals surface area contributed by atoms with Crippen molar-refractivity contribution in [3.63, 3.8) is 0 Å². The first-order valence-electron chi connectivity index (χ1n) is 9.56. The van der Waals surface area contributed by atoms with Crippen molar-refractivity contribution in [1.82, 2.24) is 9.97 Å². The number of halogens is 2. The molecule has 3 aromatic rings. The van der Waals surface area contributed by atoms with Crippen LogP contribution in [0.15, 0.2) is 36.7 Å². The van der Waals surface area contributed by atoms with Crippen molar-refractivity contribution in [2.24, 2.45) is 0 Å². The quantitative estimate of drug-likeness (QED) is 0.555. The summed E-state index contributed by atoms with van der Waals surface area (Å²) in [6.45, 7) is 0. The predicted octanol–water partition coefficient (Wildman–Crippen LogP) is 4.65. The molecular formula is C21H22F2N4O2S. The zero-order valence-corrected chi connectivity index (χ0v) is 17.3. The number of anilines is 3. The maximum Gasteiger partial charge on any atom is 0.146 e. The van der Waals surface area contributed by atoms with Crippen molar-refractivity contribution in [1.29, 1.82) is 0 Å². The third kappa shape index (κ3) is 4.62. The fourth-order valence-electron chi connectivity index (χ4n) is 3.56. The Labute approximate surface area is 173 Å². The van der Waals surface area contributed by atoms with E-state index in [1.807, 2.05) is 0 Å². The Hall–Kier alpha value is -2.94. The number of hydrogen-bond acceptors (Lipinski definition) is 5. The van der Waals surface area contributed by atoms with Crippen LogP contribution in [-0.2, 0) is 9.71 Å². The highest BCUT2D eigenvalue weighted by Crippen LogP contribution is 2.35. The van der Waals surface area contributed by atoms with Crippen LogP contribution in [0.2, 0.25) is 0 Å². The zero-order valence-electron chi connectivity index (χ0n) is 16.5. The summed E-state index contributed by atoms with van der Waals surface area (Å²) < 4.78 is 49.3. The lowest BCUT2D eigenvalue weighted by Gasteiger charge is -2.18. The van der Waals surface area contributed by atoms with Gasteiger partial charge in [-0.05, 0) is 55.8 Å². The summed E-state index contributed by atoms with van der Waals surface area (Å²) in [5.74, 6) is 3.08. The van der Waals surface area contributed by atoms with Crippen LogP contribution in [0.25, 0.3) is 10.9 Å². The zero-order chi connectivity index (χ0) is 21.3. The molecule has 1 heterocycles. The summed E-state index contributed by atoms with van der Waals surface area (Å²) >= 11 is 0. The molecule has 6 nitrogen and oxygen atoms in total. The number of nitrogens with zero attached hydrogens (tertiary/aromatic N) is 2. The van der Waals surface area contributed by atoms with Crippen LogP contribution in [0, 0.1) is 11.6 Å². The number of ether oxygens (including phenoxy) is 1. The molecule has 2 N–H and O–H groups in total. The van der Waals surface area contributed by atoms with Gasteiger partial charge in [-0.1, -0.05) is 0 Å². The Morgan fingerprint density at radius 1 is 1.17 bits per heavy atom. The van der Waals surface area contributed by atoms with Crippen molar-refractivity contribution >= 4 is 43.7 Å². The Morgan fingerprint density at radius 2 is 1.93 bits per heavy atom. The summed E-state index contributed by atoms with van der Waals surface area (Å²) in [5.41, 5.74) is 1.11. The molecule has 4 rings (SSSR count). The van der Waals surface area contributed by atoms with Gasteiger partial charge in [0.25, 0.3) is 0 Å². The fraction of sp³-hybridized carbons (Fsp3) is 0.286. The van der Waals surface area contributed by atoms with Crippen molar-refractivity contribution in [3.05, 3.63) is 48.3 Å². The molecule has 0 radical (unpaired) electrons. The minimum Gasteiger partial charge on any atom is -0.488 e. The smallest absolute Gasteiger partial charge is 0.146 e. The maximum absolute atomic E-state index is 14.9. The third-order valence-corrected chi connectivity index (χ3v) is 5.48. The van der Waals surface area contributed by atoms with E-state index in [0.29, 0.717) is 22.6 Å². The Morgan fingerprint density at radius 3 is 2.67 bits per heavy atom. The molecule has 158 valence electrons. The van der Waals surface area contributed by atoms with E-state index in [-0.39, 0.29) is 17.3 Å². The monoisotopic (exact) mass is 432 g/mol. The van der Waals surface area contributed by atoms with Gasteiger partial charge in [0.2, 0.25) is 0 Å². The van der Waals surface area contributed by atoms with Gasteiger partial charge >= 0.3 is 0 Å². The summed E-state index contributed by atoms with van der Waals surface area (Å²) in [4.78, 5) is 8.28. The molecule has 9 heteroatoms. The van der Waals surface area contributed by atoms with E-state index in [1.54, 1.807) is 6.07 Å². The molecule has 30 heavy (non-hydrogen) atoms. The van der Waals surface area contributed by atoms with Gasteiger partial charge in [0.15, 0.2) is 0 Å². The standard InChI is InChI=1S/C21H22F2N4O2S/c1-30(2,28)27-14-10-16(23)20-18(11-14)24-12-25-21(20)26-17-8-7-13(22)9-19(17)29-15-5-3-4-6-15/h7-12,15H,1,3-6H2,2H3,(H,27,28)(H,24,25,26). The second-order valence-electron chi connectivity index (χ2n) is 7.47. The number of fused-ring (bicyclic) bond motifs is 1. The second kappa shape index (κ2) is 8.06. The number of aromatic nitrogens is 2. The lowest BCUT2D eigenvalue weighted by molar-refractivity contribution is 0.210. The SMILES string of the molecule is C=S(C)(=O)Nc1cc(F)c2c(Nc3ccc(F)cc3OC3CCCC3)ncnc2c1. The summed E-state index contributed by atoms with van der Waals surface area (Å²) in [6.07, 6.45) is 6.75. The van der Waals surface area contributed by atoms with Gasteiger partial charge in [0.05, 0.1) is 28.4 Å². The topological polar surface area (TPSA) is 76.1 Å². The summed E-state index contributed by atoms with van der Waals surface area (Å²) in [6, 6.07) is 6.94. The molecular weight excluding hydrogens is 410 g/mol. The van der Waals surface area contributed by atoms with Gasteiger partial charge in [-0.2, -0.15) is 0 Å². The summed E-state index contributed by atoms with van der Waals surface area (Å²) in [5, 5.41) is 3.21. The molecule has 1 atom stereocenters. The molecule has 2 aromatic carbocycles. The fourth-order valence-corrected chi connectivity index (χ4v) is 4.17. The van der Waals surface area contributed by atoms with Crippen LogP contribution in [-0.4, -0.2) is 32.4 Å². The lowest BCUT2D eigenvalue weighted by atomic mass is 10.2. The maximum atomic E-state index is 14.9. The van der Waals surface area contributed by atoms with E-state index in [9.17, 15) is 13.0 Å². The first kappa shape index (κ1) is 20.3. The molecule has 0 amide bonds. The highest BCUT2D eigenvalue weighted by molar-refractivity contribution is 8.00. The normalized spacial score (nSPS) is 16.4. The van der Waals surface area contributed by atoms with Crippen molar-refractivity contribution < 1.29 is 17.7 Å². The second-order valence-corrected chi connectivity index (χ2v) is 9.69. The number of nitrogens with one attached hydrogen (secondary N) is 2. The molecule has 1 fully saturated rings. The van der Waals surface area contributed by atoms with Gasteiger partial charge in [-0.25, -0.2) is 23.0 Å². The van der Waals surface area contributed by atoms with E-state index < -0.39 is 21.3 Å². The van der Waals surface area contributed by atoms with Gasteiger partial charge in [0.1, 0.15) is 29.5 Å². The first-order valence-corrected chi connectivity index (χ1v) is 11.7. The van der Waals surface area contributed by atoms with Crippen LogP contribution < -0.4 is 14.8 Å². The average molecular weight is 432 g/mol. The Balaban J connectivity index is 1.70. The average Bonchev–Trinajstić information content (AvgIpc) is 3.15. The molecule has 0 spiro atoms. The van der Waals surface area contributed by atoms with E-state index in [2.05, 4.69) is 25.9 Å². The minimum atomic E-state index is -2.57. The molecule has 0 saturated heterocycles. The minimum absolute atomic E-state index is 0.0337. The molecule has 0 bridgehead atoms. The summed E-state index contributed by atoms with van der Waals surface area (Å²) in [7, 11) is -2.57. The van der Waals surface area contributed by atoms with Crippen LogP contribution in [0.3, 0.4) is 0 Å². The molecule has 1 aromatic heterocycles. The van der Waals surface area contributed by atoms with Gasteiger partial charge < -0.3 is 14.8 Å². The Bertz CT molecular complexity index is 1200. The van der Waals surface area contributed by atoms with Crippen molar-refractivity contribution in [2.45, 2.75) is 31.8 Å². The van der Waals surface area contributed by atoms with E-state index in [1.165, 1.54) is 36.8 Å². The molecule has 1 saturated carbocycles.